The lowest BCUT2D eigenvalue weighted by molar-refractivity contribution is -0.140. The Balaban J connectivity index is 2.34. The highest BCUT2D eigenvalue weighted by Crippen LogP contribution is 2.38. The smallest absolute Gasteiger partial charge is 0.303 e. The summed E-state index contributed by atoms with van der Waals surface area (Å²) >= 11 is 4.18. The number of carboxylic acid groups (broad SMARTS) is 1. The van der Waals surface area contributed by atoms with Crippen molar-refractivity contribution in [1.82, 2.24) is 5.32 Å². The number of nitrogens with two attached hydrogens (primary N) is 1. The van der Waals surface area contributed by atoms with Crippen molar-refractivity contribution in [2.24, 2.45) is 11.1 Å². The third-order valence-corrected chi connectivity index (χ3v) is 4.09. The first-order valence-corrected chi connectivity index (χ1v) is 7.01. The molecule has 1 aliphatic rings. The second kappa shape index (κ2) is 7.24. The van der Waals surface area contributed by atoms with Crippen molar-refractivity contribution < 1.29 is 9.90 Å². The molecule has 0 radical (unpaired) electrons. The Labute approximate surface area is 109 Å². The molecular weight excluding hydrogens is 236 g/mol. The van der Waals surface area contributed by atoms with E-state index in [0.717, 1.165) is 44.4 Å². The summed E-state index contributed by atoms with van der Waals surface area (Å²) in [7, 11) is 0. The summed E-state index contributed by atoms with van der Waals surface area (Å²) < 4.78 is 0. The molecular formula is C12H24N2O2S. The van der Waals surface area contributed by atoms with E-state index in [1.807, 2.05) is 0 Å². The van der Waals surface area contributed by atoms with E-state index in [2.05, 4.69) is 17.9 Å². The van der Waals surface area contributed by atoms with Crippen LogP contribution in [0.3, 0.4) is 0 Å². The lowest BCUT2D eigenvalue weighted by Crippen LogP contribution is -2.42. The Morgan fingerprint density at radius 2 is 2.12 bits per heavy atom. The fraction of sp³-hybridized carbons (Fsp3) is 0.917. The maximum atomic E-state index is 10.8. The van der Waals surface area contributed by atoms with E-state index in [1.165, 1.54) is 0 Å². The van der Waals surface area contributed by atoms with E-state index < -0.39 is 5.97 Å². The van der Waals surface area contributed by atoms with Gasteiger partial charge in [0.25, 0.3) is 0 Å². The normalized spacial score (nSPS) is 29.2. The van der Waals surface area contributed by atoms with Gasteiger partial charge in [0.05, 0.1) is 6.42 Å². The number of nitrogens with one attached hydrogen (secondary N) is 1. The van der Waals surface area contributed by atoms with Crippen molar-refractivity contribution in [3.8, 4) is 0 Å². The number of carbonyl (C=O) groups is 1. The van der Waals surface area contributed by atoms with Crippen molar-refractivity contribution in [3.05, 3.63) is 0 Å². The lowest BCUT2D eigenvalue weighted by atomic mass is 9.70. The van der Waals surface area contributed by atoms with Gasteiger partial charge >= 0.3 is 5.97 Å². The highest BCUT2D eigenvalue weighted by molar-refractivity contribution is 7.80. The number of aliphatic carboxylic acids is 1. The summed E-state index contributed by atoms with van der Waals surface area (Å²) in [5.74, 6) is 0.183. The molecule has 0 aromatic carbocycles. The second-order valence-corrected chi connectivity index (χ2v) is 5.53. The topological polar surface area (TPSA) is 75.4 Å². The predicted molar refractivity (Wildman–Crippen MR) is 72.5 cm³/mol. The zero-order valence-corrected chi connectivity index (χ0v) is 11.2. The third kappa shape index (κ3) is 4.85. The van der Waals surface area contributed by atoms with Gasteiger partial charge in [-0.1, -0.05) is 0 Å². The van der Waals surface area contributed by atoms with Crippen LogP contribution in [0, 0.1) is 5.41 Å². The number of carboxylic acids is 1. The number of thiol groups is 1. The maximum absolute atomic E-state index is 10.8. The molecule has 4 nitrogen and oxygen atoms in total. The monoisotopic (exact) mass is 260 g/mol. The number of rotatable bonds is 7. The summed E-state index contributed by atoms with van der Waals surface area (Å²) in [6.07, 6.45) is 5.22. The average Bonchev–Trinajstić information content (AvgIpc) is 2.31. The van der Waals surface area contributed by atoms with Crippen LogP contribution in [-0.4, -0.2) is 36.0 Å². The molecule has 0 atom stereocenters. The molecule has 0 heterocycles. The second-order valence-electron chi connectivity index (χ2n) is 5.08. The standard InChI is InChI=1S/C12H24N2O2S/c13-9-12(8-11(15)16)4-2-10(3-5-12)14-6-1-7-17/h10,14,17H,1-9,13H2,(H,15,16). The molecule has 0 aliphatic heterocycles. The van der Waals surface area contributed by atoms with Crippen molar-refractivity contribution in [2.75, 3.05) is 18.8 Å². The zero-order valence-electron chi connectivity index (χ0n) is 10.3. The summed E-state index contributed by atoms with van der Waals surface area (Å²) in [6, 6.07) is 0.531. The fourth-order valence-corrected chi connectivity index (χ4v) is 2.75. The zero-order chi connectivity index (χ0) is 12.7. The van der Waals surface area contributed by atoms with Gasteiger partial charge in [0, 0.05) is 6.04 Å². The molecule has 1 saturated carbocycles. The highest BCUT2D eigenvalue weighted by atomic mass is 32.1. The Bertz CT molecular complexity index is 241. The number of hydrogen-bond acceptors (Lipinski definition) is 4. The van der Waals surface area contributed by atoms with Crippen LogP contribution in [-0.2, 0) is 4.79 Å². The predicted octanol–water partition coefficient (Wildman–Crippen LogP) is 1.26. The molecule has 1 rings (SSSR count). The van der Waals surface area contributed by atoms with Crippen molar-refractivity contribution in [1.29, 1.82) is 0 Å². The third-order valence-electron chi connectivity index (χ3n) is 3.77. The molecule has 0 saturated heterocycles. The van der Waals surface area contributed by atoms with E-state index in [4.69, 9.17) is 10.8 Å². The van der Waals surface area contributed by atoms with Gasteiger partial charge in [-0.3, -0.25) is 4.79 Å². The SMILES string of the molecule is NCC1(CC(=O)O)CCC(NCCCS)CC1. The van der Waals surface area contributed by atoms with Crippen LogP contribution in [0.2, 0.25) is 0 Å². The van der Waals surface area contributed by atoms with Gasteiger partial charge in [0.15, 0.2) is 0 Å². The molecule has 100 valence electrons. The highest BCUT2D eigenvalue weighted by Gasteiger charge is 2.35. The minimum absolute atomic E-state index is 0.159. The summed E-state index contributed by atoms with van der Waals surface area (Å²) in [4.78, 5) is 10.8. The van der Waals surface area contributed by atoms with Crippen molar-refractivity contribution >= 4 is 18.6 Å². The first kappa shape index (κ1) is 14.8. The van der Waals surface area contributed by atoms with Crippen molar-refractivity contribution in [3.63, 3.8) is 0 Å². The lowest BCUT2D eigenvalue weighted by Gasteiger charge is -2.38. The van der Waals surface area contributed by atoms with Gasteiger partial charge in [-0.25, -0.2) is 0 Å². The molecule has 0 aromatic rings. The van der Waals surface area contributed by atoms with Crippen LogP contribution in [0.5, 0.6) is 0 Å². The van der Waals surface area contributed by atoms with Crippen LogP contribution in [0.25, 0.3) is 0 Å². The van der Waals surface area contributed by atoms with Crippen LogP contribution in [0.1, 0.15) is 38.5 Å². The van der Waals surface area contributed by atoms with Crippen LogP contribution in [0.15, 0.2) is 0 Å². The van der Waals surface area contributed by atoms with E-state index in [9.17, 15) is 4.79 Å². The van der Waals surface area contributed by atoms with Crippen LogP contribution in [0.4, 0.5) is 0 Å². The van der Waals surface area contributed by atoms with Gasteiger partial charge in [-0.05, 0) is 56.4 Å². The summed E-state index contributed by atoms with van der Waals surface area (Å²) in [5.41, 5.74) is 5.60. The molecule has 0 spiro atoms. The number of hydrogen-bond donors (Lipinski definition) is 4. The molecule has 4 N–H and O–H groups in total. The van der Waals surface area contributed by atoms with E-state index >= 15 is 0 Å². The van der Waals surface area contributed by atoms with E-state index in [1.54, 1.807) is 0 Å². The van der Waals surface area contributed by atoms with Crippen molar-refractivity contribution in [2.45, 2.75) is 44.6 Å². The molecule has 0 amide bonds. The first-order chi connectivity index (χ1) is 8.12. The summed E-state index contributed by atoms with van der Waals surface area (Å²) in [5, 5.41) is 12.4. The fourth-order valence-electron chi connectivity index (χ4n) is 2.59. The quantitative estimate of drug-likeness (QED) is 0.411. The Hall–Kier alpha value is -0.260. The Kier molecular flexibility index (Phi) is 6.30. The molecule has 1 aliphatic carbocycles. The minimum atomic E-state index is -0.725. The molecule has 0 bridgehead atoms. The van der Waals surface area contributed by atoms with E-state index in [0.29, 0.717) is 12.6 Å². The molecule has 1 fully saturated rings. The Morgan fingerprint density at radius 1 is 1.47 bits per heavy atom. The van der Waals surface area contributed by atoms with Crippen LogP contribution >= 0.6 is 12.6 Å². The first-order valence-electron chi connectivity index (χ1n) is 6.38. The van der Waals surface area contributed by atoms with Crippen LogP contribution < -0.4 is 11.1 Å². The average molecular weight is 260 g/mol. The minimum Gasteiger partial charge on any atom is -0.481 e. The van der Waals surface area contributed by atoms with Gasteiger partial charge in [-0.2, -0.15) is 12.6 Å². The largest absolute Gasteiger partial charge is 0.481 e. The Morgan fingerprint density at radius 3 is 2.59 bits per heavy atom. The van der Waals surface area contributed by atoms with Gasteiger partial charge in [0.1, 0.15) is 0 Å². The van der Waals surface area contributed by atoms with Gasteiger partial charge in [0.2, 0.25) is 0 Å². The maximum Gasteiger partial charge on any atom is 0.303 e. The summed E-state index contributed by atoms with van der Waals surface area (Å²) in [6.45, 7) is 1.49. The van der Waals surface area contributed by atoms with Gasteiger partial charge in [-0.15, -0.1) is 0 Å². The molecule has 0 aromatic heterocycles. The molecule has 17 heavy (non-hydrogen) atoms. The molecule has 0 unspecified atom stereocenters. The van der Waals surface area contributed by atoms with Gasteiger partial charge < -0.3 is 16.2 Å². The van der Waals surface area contributed by atoms with E-state index in [-0.39, 0.29) is 11.8 Å². The molecule has 5 heteroatoms.